The van der Waals surface area contributed by atoms with Crippen LogP contribution in [0, 0.1) is 0 Å². The van der Waals surface area contributed by atoms with Crippen molar-refractivity contribution in [1.82, 2.24) is 4.90 Å². The zero-order valence-corrected chi connectivity index (χ0v) is 31.7. The molecular weight excluding hydrogens is 562 g/mol. The highest BCUT2D eigenvalue weighted by molar-refractivity contribution is 5.69. The van der Waals surface area contributed by atoms with E-state index in [1.807, 2.05) is 0 Å². The Morgan fingerprint density at radius 2 is 0.870 bits per heavy atom. The third kappa shape index (κ3) is 37.1. The maximum Gasteiger partial charge on any atom is 0.306 e. The van der Waals surface area contributed by atoms with Gasteiger partial charge >= 0.3 is 5.97 Å². The number of nitrogens with zero attached hydrogens (tertiary/aromatic N) is 1. The van der Waals surface area contributed by atoms with Gasteiger partial charge in [0.2, 0.25) is 0 Å². The van der Waals surface area contributed by atoms with Crippen LogP contribution in [-0.4, -0.2) is 37.6 Å². The topological polar surface area (TPSA) is 29.5 Å². The predicted octanol–water partition coefficient (Wildman–Crippen LogP) is 13.9. The van der Waals surface area contributed by atoms with Gasteiger partial charge in [-0.15, -0.1) is 0 Å². The van der Waals surface area contributed by atoms with Gasteiger partial charge in [-0.05, 0) is 111 Å². The lowest BCUT2D eigenvalue weighted by Crippen LogP contribution is -2.20. The summed E-state index contributed by atoms with van der Waals surface area (Å²) >= 11 is 0. The van der Waals surface area contributed by atoms with Gasteiger partial charge in [-0.1, -0.05) is 147 Å². The van der Waals surface area contributed by atoms with Gasteiger partial charge < -0.3 is 9.64 Å². The van der Waals surface area contributed by atoms with E-state index in [0.717, 1.165) is 32.2 Å². The fourth-order valence-corrected chi connectivity index (χ4v) is 6.03. The Morgan fingerprint density at radius 1 is 0.500 bits per heavy atom. The Kier molecular flexibility index (Phi) is 37.0. The van der Waals surface area contributed by atoms with Gasteiger partial charge in [-0.3, -0.25) is 4.79 Å². The van der Waals surface area contributed by atoms with E-state index in [1.165, 1.54) is 161 Å². The first-order valence-electron chi connectivity index (χ1n) is 20.4. The quantitative estimate of drug-likeness (QED) is 0.0386. The monoisotopic (exact) mass is 644 g/mol. The molecule has 3 heteroatoms. The molecule has 0 saturated heterocycles. The standard InChI is InChI=1S/C43H81NO2/c1-5-7-9-11-13-15-17-19-21-23-25-27-29-31-33-35-38-42(46-43(45)40-37-41-44(3)4)39-36-34-32-30-28-26-24-22-20-18-16-14-12-10-8-6-2/h13,15,19-22,42H,5-12,14,16-18,23-41H2,1-4H3/b15-13-,21-19-,22-20-/t42-/m1/s1. The van der Waals surface area contributed by atoms with Crippen LogP contribution in [0.15, 0.2) is 36.5 Å². The predicted molar refractivity (Wildman–Crippen MR) is 206 cm³/mol. The van der Waals surface area contributed by atoms with E-state index in [1.54, 1.807) is 0 Å². The lowest BCUT2D eigenvalue weighted by atomic mass is 10.0. The van der Waals surface area contributed by atoms with Gasteiger partial charge in [0, 0.05) is 6.42 Å². The van der Waals surface area contributed by atoms with E-state index in [0.29, 0.717) is 6.42 Å². The van der Waals surface area contributed by atoms with Gasteiger partial charge in [0.25, 0.3) is 0 Å². The van der Waals surface area contributed by atoms with Crippen LogP contribution in [0.3, 0.4) is 0 Å². The van der Waals surface area contributed by atoms with Crippen molar-refractivity contribution in [2.45, 2.75) is 213 Å². The van der Waals surface area contributed by atoms with E-state index in [-0.39, 0.29) is 12.1 Å². The van der Waals surface area contributed by atoms with Crippen molar-refractivity contribution in [3.63, 3.8) is 0 Å². The average molecular weight is 644 g/mol. The lowest BCUT2D eigenvalue weighted by Gasteiger charge is -2.18. The van der Waals surface area contributed by atoms with Gasteiger partial charge in [0.1, 0.15) is 6.10 Å². The van der Waals surface area contributed by atoms with E-state index >= 15 is 0 Å². The zero-order chi connectivity index (χ0) is 33.6. The lowest BCUT2D eigenvalue weighted by molar-refractivity contribution is -0.150. The second kappa shape index (κ2) is 38.1. The molecular formula is C43H81NO2. The van der Waals surface area contributed by atoms with Crippen LogP contribution >= 0.6 is 0 Å². The number of unbranched alkanes of at least 4 members (excludes halogenated alkanes) is 21. The normalized spacial score (nSPS) is 12.8. The molecule has 270 valence electrons. The van der Waals surface area contributed by atoms with Gasteiger partial charge in [0.15, 0.2) is 0 Å². The van der Waals surface area contributed by atoms with Crippen molar-refractivity contribution in [2.75, 3.05) is 20.6 Å². The van der Waals surface area contributed by atoms with E-state index in [4.69, 9.17) is 4.74 Å². The van der Waals surface area contributed by atoms with Gasteiger partial charge in [-0.25, -0.2) is 0 Å². The highest BCUT2D eigenvalue weighted by atomic mass is 16.5. The minimum atomic E-state index is 0.0106. The fourth-order valence-electron chi connectivity index (χ4n) is 6.03. The summed E-state index contributed by atoms with van der Waals surface area (Å²) in [7, 11) is 4.13. The number of carbonyl (C=O) groups excluding carboxylic acids is 1. The molecule has 1 atom stereocenters. The van der Waals surface area contributed by atoms with E-state index in [2.05, 4.69) is 69.3 Å². The average Bonchev–Trinajstić information content (AvgIpc) is 3.04. The first-order valence-corrected chi connectivity index (χ1v) is 20.4. The number of esters is 1. The molecule has 0 aromatic rings. The van der Waals surface area contributed by atoms with Crippen LogP contribution in [0.5, 0.6) is 0 Å². The van der Waals surface area contributed by atoms with Crippen molar-refractivity contribution in [1.29, 1.82) is 0 Å². The van der Waals surface area contributed by atoms with E-state index in [9.17, 15) is 4.79 Å². The third-order valence-corrected chi connectivity index (χ3v) is 9.05. The van der Waals surface area contributed by atoms with Gasteiger partial charge in [-0.2, -0.15) is 0 Å². The highest BCUT2D eigenvalue weighted by Gasteiger charge is 2.14. The molecule has 0 aromatic heterocycles. The molecule has 0 aromatic carbocycles. The Hall–Kier alpha value is -1.35. The second-order valence-electron chi connectivity index (χ2n) is 14.1. The van der Waals surface area contributed by atoms with Crippen LogP contribution in [0.25, 0.3) is 0 Å². The van der Waals surface area contributed by atoms with Gasteiger partial charge in [0.05, 0.1) is 0 Å². The SMILES string of the molecule is CCCCC/C=C\C/C=C\CCCCCCCC[C@H](CCCCCCCC/C=C\CCCCCCCC)OC(=O)CCCN(C)C. The van der Waals surface area contributed by atoms with Crippen LogP contribution in [-0.2, 0) is 9.53 Å². The largest absolute Gasteiger partial charge is 0.462 e. The Morgan fingerprint density at radius 3 is 1.33 bits per heavy atom. The molecule has 3 nitrogen and oxygen atoms in total. The first-order chi connectivity index (χ1) is 22.6. The summed E-state index contributed by atoms with van der Waals surface area (Å²) in [5.41, 5.74) is 0. The van der Waals surface area contributed by atoms with Crippen molar-refractivity contribution in [3.05, 3.63) is 36.5 Å². The highest BCUT2D eigenvalue weighted by Crippen LogP contribution is 2.18. The maximum atomic E-state index is 12.5. The number of rotatable bonds is 36. The zero-order valence-electron chi connectivity index (χ0n) is 31.7. The molecule has 0 radical (unpaired) electrons. The molecule has 0 saturated carbocycles. The maximum absolute atomic E-state index is 12.5. The Bertz CT molecular complexity index is 695. The fraction of sp³-hybridized carbons (Fsp3) is 0.837. The van der Waals surface area contributed by atoms with Crippen LogP contribution in [0.1, 0.15) is 206 Å². The third-order valence-electron chi connectivity index (χ3n) is 9.05. The first kappa shape index (κ1) is 44.6. The molecule has 0 rings (SSSR count). The minimum absolute atomic E-state index is 0.0106. The molecule has 0 bridgehead atoms. The number of hydrogen-bond donors (Lipinski definition) is 0. The van der Waals surface area contributed by atoms with E-state index < -0.39 is 0 Å². The molecule has 0 aliphatic rings. The van der Waals surface area contributed by atoms with Crippen molar-refractivity contribution in [3.8, 4) is 0 Å². The molecule has 0 amide bonds. The molecule has 0 heterocycles. The summed E-state index contributed by atoms with van der Waals surface area (Å²) in [6.07, 6.45) is 51.7. The second-order valence-corrected chi connectivity index (χ2v) is 14.1. The van der Waals surface area contributed by atoms with Crippen molar-refractivity contribution < 1.29 is 9.53 Å². The van der Waals surface area contributed by atoms with Crippen LogP contribution < -0.4 is 0 Å². The minimum Gasteiger partial charge on any atom is -0.462 e. The summed E-state index contributed by atoms with van der Waals surface area (Å²) in [4.78, 5) is 14.7. The Labute approximate surface area is 289 Å². The van der Waals surface area contributed by atoms with Crippen LogP contribution in [0.2, 0.25) is 0 Å². The number of ether oxygens (including phenoxy) is 1. The van der Waals surface area contributed by atoms with Crippen molar-refractivity contribution >= 4 is 5.97 Å². The number of hydrogen-bond acceptors (Lipinski definition) is 3. The molecule has 0 spiro atoms. The molecule has 0 unspecified atom stereocenters. The Balaban J connectivity index is 3.98. The molecule has 0 fully saturated rings. The molecule has 0 aliphatic heterocycles. The molecule has 0 N–H and O–H groups in total. The summed E-state index contributed by atoms with van der Waals surface area (Å²) in [5.74, 6) is 0.0106. The van der Waals surface area contributed by atoms with Crippen molar-refractivity contribution in [2.24, 2.45) is 0 Å². The summed E-state index contributed by atoms with van der Waals surface area (Å²) < 4.78 is 6.00. The summed E-state index contributed by atoms with van der Waals surface area (Å²) in [6, 6.07) is 0. The van der Waals surface area contributed by atoms with Crippen LogP contribution in [0.4, 0.5) is 0 Å². The number of allylic oxidation sites excluding steroid dienone is 6. The summed E-state index contributed by atoms with van der Waals surface area (Å²) in [6.45, 7) is 5.49. The smallest absolute Gasteiger partial charge is 0.306 e. The molecule has 46 heavy (non-hydrogen) atoms. The molecule has 0 aliphatic carbocycles. The number of carbonyl (C=O) groups is 1. The summed E-state index contributed by atoms with van der Waals surface area (Å²) in [5, 5.41) is 0.